The van der Waals surface area contributed by atoms with Crippen molar-refractivity contribution in [2.45, 2.75) is 48.7 Å². The molecule has 0 spiro atoms. The van der Waals surface area contributed by atoms with Gasteiger partial charge in [0.2, 0.25) is 0 Å². The van der Waals surface area contributed by atoms with Crippen LogP contribution in [0.1, 0.15) is 5.56 Å². The van der Waals surface area contributed by atoms with E-state index in [0.717, 1.165) is 0 Å². The van der Waals surface area contributed by atoms with Gasteiger partial charge >= 0.3 is 60.8 Å². The Bertz CT molecular complexity index is 1130. The molecule has 0 heterocycles. The van der Waals surface area contributed by atoms with Gasteiger partial charge in [0.25, 0.3) is 0 Å². The normalized spacial score (nSPS) is 14.7. The number of halogens is 19. The van der Waals surface area contributed by atoms with E-state index in [-0.39, 0.29) is 18.2 Å². The van der Waals surface area contributed by atoms with Gasteiger partial charge < -0.3 is 15.6 Å². The van der Waals surface area contributed by atoms with Crippen LogP contribution >= 0.6 is 0 Å². The monoisotopic (exact) mass is 653 g/mol. The lowest BCUT2D eigenvalue weighted by Crippen LogP contribution is -2.60. The Hall–Kier alpha value is -3.09. The van der Waals surface area contributed by atoms with Crippen LogP contribution in [0.15, 0.2) is 30.3 Å². The maximum absolute atomic E-state index is 14.0. The van der Waals surface area contributed by atoms with Crippen LogP contribution in [-0.2, 0) is 24.9 Å². The first-order valence-electron chi connectivity index (χ1n) is 8.97. The molecule has 1 aromatic carbocycles. The third-order valence-corrected chi connectivity index (χ3v) is 3.91. The van der Waals surface area contributed by atoms with E-state index >= 15 is 0 Å². The molecular weight excluding hydrogens is 647 g/mol. The van der Waals surface area contributed by atoms with Crippen LogP contribution in [0.5, 0.6) is 5.75 Å². The summed E-state index contributed by atoms with van der Waals surface area (Å²) in [4.78, 5) is 0. The summed E-state index contributed by atoms with van der Waals surface area (Å²) in [5.41, 5.74) is 1.56. The number of rotatable bonds is 13. The van der Waals surface area contributed by atoms with Gasteiger partial charge in [0, 0.05) is 5.56 Å². The molecule has 0 bridgehead atoms. The van der Waals surface area contributed by atoms with Crippen molar-refractivity contribution in [2.24, 2.45) is 0 Å². The maximum Gasteiger partial charge on any atom is 0.496 e. The largest absolute Gasteiger partial charge is 0.506 e. The molecule has 0 unspecified atom stereocenters. The molecule has 238 valence electrons. The summed E-state index contributed by atoms with van der Waals surface area (Å²) in [5.74, 6) is -7.25. The Labute approximate surface area is 210 Å². The topological polar surface area (TPSA) is 83.2 Å². The number of ether oxygens (including phenoxy) is 4. The molecule has 0 aliphatic heterocycles. The molecule has 0 saturated carbocycles. The summed E-state index contributed by atoms with van der Waals surface area (Å²) in [6, 6.07) is -4.24. The van der Waals surface area contributed by atoms with Crippen molar-refractivity contribution in [3.63, 3.8) is 0 Å². The van der Waals surface area contributed by atoms with Gasteiger partial charge in [-0.25, -0.2) is 14.2 Å². The highest BCUT2D eigenvalue weighted by molar-refractivity contribution is 5.54. The number of alkyl halides is 16. The number of nitrogens with two attached hydrogens (primary N) is 1. The Morgan fingerprint density at radius 2 is 0.902 bits per heavy atom. The molecule has 0 radical (unpaired) electrons. The lowest BCUT2D eigenvalue weighted by Gasteiger charge is -2.36. The Kier molecular flexibility index (Phi) is 9.32. The minimum Gasteiger partial charge on any atom is -0.506 e. The number of phenolic OH excluding ortho intramolecular Hbond substituents is 1. The van der Waals surface area contributed by atoms with Gasteiger partial charge in [0.15, 0.2) is 0 Å². The minimum absolute atomic E-state index is 0.135. The minimum atomic E-state index is -7.76. The summed E-state index contributed by atoms with van der Waals surface area (Å²) < 4.78 is 257. The molecular formula is C16H6F19NO5. The molecule has 0 aromatic heterocycles. The summed E-state index contributed by atoms with van der Waals surface area (Å²) in [5, 5.41) is 9.04. The van der Waals surface area contributed by atoms with Crippen LogP contribution in [0.3, 0.4) is 0 Å². The number of anilines is 1. The van der Waals surface area contributed by atoms with Crippen LogP contribution in [0.25, 0.3) is 0 Å². The molecule has 3 N–H and O–H groups in total. The average Bonchev–Trinajstić information content (AvgIpc) is 2.72. The predicted molar refractivity (Wildman–Crippen MR) is 85.7 cm³/mol. The highest BCUT2D eigenvalue weighted by Gasteiger charge is 2.78. The van der Waals surface area contributed by atoms with Gasteiger partial charge in [0.05, 0.1) is 5.69 Å². The second-order valence-corrected chi connectivity index (χ2v) is 6.91. The van der Waals surface area contributed by atoms with Crippen molar-refractivity contribution in [3.05, 3.63) is 35.9 Å². The zero-order chi connectivity index (χ0) is 32.8. The van der Waals surface area contributed by atoms with Crippen LogP contribution in [0.2, 0.25) is 0 Å². The molecule has 41 heavy (non-hydrogen) atoms. The molecule has 0 amide bonds. The van der Waals surface area contributed by atoms with Crippen molar-refractivity contribution in [1.29, 1.82) is 0 Å². The summed E-state index contributed by atoms with van der Waals surface area (Å²) in [6.45, 7) is 0. The number of benzene rings is 1. The molecule has 0 atom stereocenters. The van der Waals surface area contributed by atoms with Crippen LogP contribution in [-0.4, -0.2) is 47.9 Å². The van der Waals surface area contributed by atoms with E-state index in [9.17, 15) is 83.4 Å². The van der Waals surface area contributed by atoms with Crippen molar-refractivity contribution >= 4 is 5.69 Å². The average molecular weight is 653 g/mol. The lowest BCUT2D eigenvalue weighted by molar-refractivity contribution is -0.575. The highest BCUT2D eigenvalue weighted by atomic mass is 19.4. The zero-order valence-corrected chi connectivity index (χ0v) is 18.1. The smallest absolute Gasteiger partial charge is 0.496 e. The van der Waals surface area contributed by atoms with Gasteiger partial charge in [-0.2, -0.15) is 83.4 Å². The lowest BCUT2D eigenvalue weighted by atomic mass is 10.1. The summed E-state index contributed by atoms with van der Waals surface area (Å²) in [6.07, 6.45) is -56.2. The first-order chi connectivity index (χ1) is 17.9. The molecule has 0 saturated heterocycles. The van der Waals surface area contributed by atoms with Crippen molar-refractivity contribution in [3.8, 4) is 5.75 Å². The first-order valence-corrected chi connectivity index (χ1v) is 8.97. The Morgan fingerprint density at radius 1 is 0.561 bits per heavy atom. The molecule has 0 aliphatic carbocycles. The van der Waals surface area contributed by atoms with Crippen LogP contribution < -0.4 is 5.73 Å². The van der Waals surface area contributed by atoms with E-state index < -0.39 is 77.8 Å². The van der Waals surface area contributed by atoms with E-state index in [4.69, 9.17) is 10.8 Å². The number of hydrogen-bond acceptors (Lipinski definition) is 6. The fourth-order valence-corrected chi connectivity index (χ4v) is 1.97. The quantitative estimate of drug-likeness (QED) is 0.101. The summed E-state index contributed by atoms with van der Waals surface area (Å²) >= 11 is 0. The van der Waals surface area contributed by atoms with E-state index in [1.165, 1.54) is 9.47 Å². The van der Waals surface area contributed by atoms with E-state index in [1.807, 2.05) is 9.47 Å². The highest BCUT2D eigenvalue weighted by Crippen LogP contribution is 2.53. The molecule has 25 heteroatoms. The van der Waals surface area contributed by atoms with Crippen molar-refractivity contribution < 1.29 is 107 Å². The van der Waals surface area contributed by atoms with E-state index in [0.29, 0.717) is 0 Å². The Morgan fingerprint density at radius 3 is 1.24 bits per heavy atom. The third-order valence-electron chi connectivity index (χ3n) is 3.91. The zero-order valence-electron chi connectivity index (χ0n) is 18.1. The summed E-state index contributed by atoms with van der Waals surface area (Å²) in [7, 11) is 0. The van der Waals surface area contributed by atoms with Gasteiger partial charge in [-0.3, -0.25) is 0 Å². The maximum atomic E-state index is 14.0. The van der Waals surface area contributed by atoms with Gasteiger partial charge in [-0.05, 0) is 18.2 Å². The fourth-order valence-electron chi connectivity index (χ4n) is 1.97. The molecule has 1 aromatic rings. The second kappa shape index (κ2) is 10.6. The molecule has 1 rings (SSSR count). The molecule has 0 fully saturated rings. The molecule has 0 aliphatic rings. The molecule has 6 nitrogen and oxygen atoms in total. The number of hydrogen-bond donors (Lipinski definition) is 2. The van der Waals surface area contributed by atoms with Crippen molar-refractivity contribution in [1.82, 2.24) is 0 Å². The van der Waals surface area contributed by atoms with Crippen LogP contribution in [0, 0.1) is 0 Å². The van der Waals surface area contributed by atoms with Crippen molar-refractivity contribution in [2.75, 3.05) is 5.73 Å². The van der Waals surface area contributed by atoms with E-state index in [1.54, 1.807) is 0 Å². The standard InChI is InChI=1S/C16H6F19NO5/c17-7(18)8(19)38-11(24,25)12(26,27)40-15(32,33)16(34,35)41-14(30,31)13(28,29)39-10(22,23)9(20,21)4-1-2-6(37)5(36)3-4/h1-3,37H,36H2. The van der Waals surface area contributed by atoms with Gasteiger partial charge in [-0.1, -0.05) is 0 Å². The first kappa shape index (κ1) is 35.9. The van der Waals surface area contributed by atoms with Gasteiger partial charge in [0.1, 0.15) is 5.75 Å². The third kappa shape index (κ3) is 7.22. The van der Waals surface area contributed by atoms with E-state index in [2.05, 4.69) is 0 Å². The number of aromatic hydroxyl groups is 1. The second-order valence-electron chi connectivity index (χ2n) is 6.91. The number of nitrogen functional groups attached to an aromatic ring is 1. The van der Waals surface area contributed by atoms with Gasteiger partial charge in [-0.15, -0.1) is 0 Å². The number of phenols is 1. The van der Waals surface area contributed by atoms with Crippen LogP contribution in [0.4, 0.5) is 89.1 Å². The predicted octanol–water partition coefficient (Wildman–Crippen LogP) is 7.32. The fraction of sp³-hybridized carbons (Fsp3) is 0.500. The Balaban J connectivity index is 3.29. The SMILES string of the molecule is Nc1cc(C(F)(F)C(F)(F)OC(F)(F)C(F)(F)OC(F)(F)C(F)(F)OC(F)(F)C(F)(F)OC(F)=C(F)F)ccc1O.